The van der Waals surface area contributed by atoms with Crippen molar-refractivity contribution >= 4 is 11.3 Å². The van der Waals surface area contributed by atoms with Crippen LogP contribution in [0.15, 0.2) is 12.5 Å². The second-order valence-corrected chi connectivity index (χ2v) is 7.47. The fourth-order valence-corrected chi connectivity index (χ4v) is 3.31. The average molecular weight is 291 g/mol. The van der Waals surface area contributed by atoms with E-state index in [0.29, 0.717) is 6.04 Å². The summed E-state index contributed by atoms with van der Waals surface area (Å²) >= 11 is 1.81. The lowest BCUT2D eigenvalue weighted by Crippen LogP contribution is -2.37. The molecular weight excluding hydrogens is 270 g/mol. The van der Waals surface area contributed by atoms with E-state index in [2.05, 4.69) is 41.2 Å². The van der Waals surface area contributed by atoms with Gasteiger partial charge in [-0.05, 0) is 6.42 Å². The van der Waals surface area contributed by atoms with E-state index in [-0.39, 0.29) is 5.41 Å². The molecule has 3 heterocycles. The first-order valence-corrected chi connectivity index (χ1v) is 7.89. The van der Waals surface area contributed by atoms with Crippen LogP contribution in [-0.2, 0) is 24.9 Å². The molecule has 6 heteroatoms. The number of thiazole rings is 1. The Morgan fingerprint density at radius 2 is 2.25 bits per heavy atom. The zero-order valence-corrected chi connectivity index (χ0v) is 13.1. The van der Waals surface area contributed by atoms with E-state index in [0.717, 1.165) is 31.8 Å². The van der Waals surface area contributed by atoms with Crippen molar-refractivity contribution in [2.24, 2.45) is 0 Å². The molecule has 1 aliphatic rings. The number of nitrogens with zero attached hydrogens (tertiary/aromatic N) is 4. The molecule has 0 saturated heterocycles. The molecule has 2 aromatic rings. The van der Waals surface area contributed by atoms with Gasteiger partial charge in [0.25, 0.3) is 0 Å². The zero-order chi connectivity index (χ0) is 14.2. The molecular formula is C14H21N5S. The van der Waals surface area contributed by atoms with Gasteiger partial charge in [-0.2, -0.15) is 5.10 Å². The smallest absolute Gasteiger partial charge is 0.138 e. The van der Waals surface area contributed by atoms with Crippen molar-refractivity contribution in [2.75, 3.05) is 0 Å². The van der Waals surface area contributed by atoms with Gasteiger partial charge in [0.1, 0.15) is 12.2 Å². The number of aromatic nitrogens is 4. The van der Waals surface area contributed by atoms with Gasteiger partial charge in [0.05, 0.1) is 11.6 Å². The van der Waals surface area contributed by atoms with Crippen molar-refractivity contribution in [3.05, 3.63) is 28.2 Å². The number of aryl methyl sites for hydroxylation is 1. The maximum Gasteiger partial charge on any atom is 0.138 e. The van der Waals surface area contributed by atoms with Gasteiger partial charge in [-0.15, -0.1) is 11.3 Å². The van der Waals surface area contributed by atoms with Crippen molar-refractivity contribution in [3.63, 3.8) is 0 Å². The van der Waals surface area contributed by atoms with E-state index < -0.39 is 0 Å². The molecule has 0 saturated carbocycles. The Morgan fingerprint density at radius 3 is 3.00 bits per heavy atom. The summed E-state index contributed by atoms with van der Waals surface area (Å²) in [4.78, 5) is 10.1. The predicted octanol–water partition coefficient (Wildman–Crippen LogP) is 2.14. The monoisotopic (exact) mass is 291 g/mol. The van der Waals surface area contributed by atoms with Crippen LogP contribution in [0.5, 0.6) is 0 Å². The average Bonchev–Trinajstić information content (AvgIpc) is 3.04. The molecule has 0 amide bonds. The molecule has 0 bridgehead atoms. The zero-order valence-electron chi connectivity index (χ0n) is 12.3. The Balaban J connectivity index is 1.57. The predicted molar refractivity (Wildman–Crippen MR) is 79.8 cm³/mol. The Kier molecular flexibility index (Phi) is 3.60. The van der Waals surface area contributed by atoms with Crippen LogP contribution in [0.2, 0.25) is 0 Å². The Hall–Kier alpha value is -1.27. The second kappa shape index (κ2) is 5.26. The van der Waals surface area contributed by atoms with Crippen molar-refractivity contribution in [1.82, 2.24) is 25.1 Å². The Labute approximate surface area is 123 Å². The van der Waals surface area contributed by atoms with E-state index in [1.54, 1.807) is 6.33 Å². The molecule has 108 valence electrons. The lowest BCUT2D eigenvalue weighted by molar-refractivity contribution is 0.359. The highest BCUT2D eigenvalue weighted by atomic mass is 32.1. The van der Waals surface area contributed by atoms with Crippen molar-refractivity contribution in [2.45, 2.75) is 58.2 Å². The van der Waals surface area contributed by atoms with Gasteiger partial charge in [-0.1, -0.05) is 20.8 Å². The minimum Gasteiger partial charge on any atom is -0.307 e. The molecule has 1 N–H and O–H groups in total. The van der Waals surface area contributed by atoms with Crippen LogP contribution in [0, 0.1) is 0 Å². The molecule has 5 nitrogen and oxygen atoms in total. The van der Waals surface area contributed by atoms with Gasteiger partial charge in [-0.3, -0.25) is 0 Å². The number of rotatable bonds is 3. The van der Waals surface area contributed by atoms with Crippen LogP contribution in [0.4, 0.5) is 0 Å². The van der Waals surface area contributed by atoms with Crippen LogP contribution in [0.1, 0.15) is 42.9 Å². The molecule has 0 aromatic carbocycles. The van der Waals surface area contributed by atoms with Crippen LogP contribution >= 0.6 is 11.3 Å². The molecule has 0 spiro atoms. The Bertz CT molecular complexity index is 580. The van der Waals surface area contributed by atoms with E-state index in [1.807, 2.05) is 22.2 Å². The van der Waals surface area contributed by atoms with Crippen LogP contribution in [0.3, 0.4) is 0 Å². The standard InChI is InChI=1S/C14H21N5S/c1-14(2,3)13-16-7-11(20-13)6-15-10-4-5-12-17-9-18-19(12)8-10/h7,9-10,15H,4-6,8H2,1-3H3/t10-/m0/s1. The largest absolute Gasteiger partial charge is 0.307 e. The number of hydrogen-bond donors (Lipinski definition) is 1. The normalized spacial score (nSPS) is 19.1. The van der Waals surface area contributed by atoms with Crippen molar-refractivity contribution in [1.29, 1.82) is 0 Å². The first-order chi connectivity index (χ1) is 9.52. The number of hydrogen-bond acceptors (Lipinski definition) is 5. The lowest BCUT2D eigenvalue weighted by Gasteiger charge is -2.23. The van der Waals surface area contributed by atoms with Crippen LogP contribution in [-0.4, -0.2) is 25.8 Å². The fourth-order valence-electron chi connectivity index (χ4n) is 2.39. The second-order valence-electron chi connectivity index (χ2n) is 6.36. The third-order valence-corrected chi connectivity index (χ3v) is 4.99. The fraction of sp³-hybridized carbons (Fsp3) is 0.643. The molecule has 3 rings (SSSR count). The van der Waals surface area contributed by atoms with Gasteiger partial charge in [0, 0.05) is 35.5 Å². The molecule has 1 atom stereocenters. The maximum atomic E-state index is 4.53. The highest BCUT2D eigenvalue weighted by molar-refractivity contribution is 7.11. The highest BCUT2D eigenvalue weighted by Crippen LogP contribution is 2.26. The van der Waals surface area contributed by atoms with E-state index in [9.17, 15) is 0 Å². The summed E-state index contributed by atoms with van der Waals surface area (Å²) in [7, 11) is 0. The minimum atomic E-state index is 0.142. The molecule has 2 aromatic heterocycles. The number of fused-ring (bicyclic) bond motifs is 1. The summed E-state index contributed by atoms with van der Waals surface area (Å²) < 4.78 is 2.01. The van der Waals surface area contributed by atoms with Gasteiger partial charge in [0.15, 0.2) is 0 Å². The molecule has 1 aliphatic heterocycles. The summed E-state index contributed by atoms with van der Waals surface area (Å²) in [6.07, 6.45) is 5.79. The van der Waals surface area contributed by atoms with Crippen molar-refractivity contribution in [3.8, 4) is 0 Å². The summed E-state index contributed by atoms with van der Waals surface area (Å²) in [6, 6.07) is 0.476. The van der Waals surface area contributed by atoms with Gasteiger partial charge < -0.3 is 5.32 Å². The number of nitrogens with one attached hydrogen (secondary N) is 1. The third-order valence-electron chi connectivity index (χ3n) is 3.57. The SMILES string of the molecule is CC(C)(C)c1ncc(CN[C@H]2CCc3ncnn3C2)s1. The lowest BCUT2D eigenvalue weighted by atomic mass is 9.98. The summed E-state index contributed by atoms with van der Waals surface area (Å²) in [5, 5.41) is 9.07. The molecule has 0 fully saturated rings. The third kappa shape index (κ3) is 2.91. The molecule has 0 radical (unpaired) electrons. The first kappa shape index (κ1) is 13.7. The summed E-state index contributed by atoms with van der Waals surface area (Å²) in [6.45, 7) is 8.42. The van der Waals surface area contributed by atoms with E-state index in [1.165, 1.54) is 9.88 Å². The Morgan fingerprint density at radius 1 is 1.40 bits per heavy atom. The molecule has 0 unspecified atom stereocenters. The first-order valence-electron chi connectivity index (χ1n) is 7.07. The van der Waals surface area contributed by atoms with Crippen molar-refractivity contribution < 1.29 is 0 Å². The van der Waals surface area contributed by atoms with Crippen LogP contribution < -0.4 is 5.32 Å². The molecule has 20 heavy (non-hydrogen) atoms. The van der Waals surface area contributed by atoms with Gasteiger partial charge in [0.2, 0.25) is 0 Å². The van der Waals surface area contributed by atoms with E-state index in [4.69, 9.17) is 0 Å². The summed E-state index contributed by atoms with van der Waals surface area (Å²) in [5.41, 5.74) is 0.142. The van der Waals surface area contributed by atoms with Gasteiger partial charge >= 0.3 is 0 Å². The highest BCUT2D eigenvalue weighted by Gasteiger charge is 2.21. The minimum absolute atomic E-state index is 0.142. The molecule has 0 aliphatic carbocycles. The topological polar surface area (TPSA) is 55.6 Å². The maximum absolute atomic E-state index is 4.53. The van der Waals surface area contributed by atoms with Crippen LogP contribution in [0.25, 0.3) is 0 Å². The van der Waals surface area contributed by atoms with Gasteiger partial charge in [-0.25, -0.2) is 14.6 Å². The summed E-state index contributed by atoms with van der Waals surface area (Å²) in [5.74, 6) is 1.11. The van der Waals surface area contributed by atoms with E-state index >= 15 is 0 Å². The quantitative estimate of drug-likeness (QED) is 0.941.